The molecule has 1 atom stereocenters. The van der Waals surface area contributed by atoms with Crippen LogP contribution in [0.2, 0.25) is 0 Å². The highest BCUT2D eigenvalue weighted by atomic mass is 16.5. The SMILES string of the molecule is COCCCCCc1cccc(C(O)CCN)c1. The van der Waals surface area contributed by atoms with Crippen LogP contribution in [0.25, 0.3) is 0 Å². The van der Waals surface area contributed by atoms with Gasteiger partial charge in [-0.15, -0.1) is 0 Å². The molecular formula is C15H25NO2. The van der Waals surface area contributed by atoms with E-state index in [9.17, 15) is 5.11 Å². The first-order valence-corrected chi connectivity index (χ1v) is 6.74. The molecule has 0 aromatic heterocycles. The first-order valence-electron chi connectivity index (χ1n) is 6.74. The second-order valence-electron chi connectivity index (χ2n) is 4.64. The predicted molar refractivity (Wildman–Crippen MR) is 74.5 cm³/mol. The zero-order chi connectivity index (χ0) is 13.2. The summed E-state index contributed by atoms with van der Waals surface area (Å²) in [4.78, 5) is 0. The van der Waals surface area contributed by atoms with Gasteiger partial charge in [-0.2, -0.15) is 0 Å². The minimum Gasteiger partial charge on any atom is -0.388 e. The Bertz CT molecular complexity index is 328. The highest BCUT2D eigenvalue weighted by Gasteiger charge is 2.06. The van der Waals surface area contributed by atoms with Crippen molar-refractivity contribution in [3.8, 4) is 0 Å². The maximum Gasteiger partial charge on any atom is 0.0802 e. The van der Waals surface area contributed by atoms with Crippen molar-refractivity contribution in [2.75, 3.05) is 20.3 Å². The van der Waals surface area contributed by atoms with Crippen LogP contribution < -0.4 is 5.73 Å². The summed E-state index contributed by atoms with van der Waals surface area (Å²) >= 11 is 0. The molecule has 0 heterocycles. The number of hydrogen-bond acceptors (Lipinski definition) is 3. The molecule has 3 N–H and O–H groups in total. The summed E-state index contributed by atoms with van der Waals surface area (Å²) in [7, 11) is 1.74. The van der Waals surface area contributed by atoms with Crippen LogP contribution in [0.15, 0.2) is 24.3 Å². The van der Waals surface area contributed by atoms with E-state index in [0.717, 1.165) is 25.0 Å². The number of benzene rings is 1. The monoisotopic (exact) mass is 251 g/mol. The third-order valence-electron chi connectivity index (χ3n) is 3.09. The fraction of sp³-hybridized carbons (Fsp3) is 0.600. The number of aliphatic hydroxyl groups is 1. The minimum absolute atomic E-state index is 0.427. The molecule has 1 aromatic carbocycles. The Morgan fingerprint density at radius 3 is 2.83 bits per heavy atom. The molecule has 1 rings (SSSR count). The van der Waals surface area contributed by atoms with E-state index in [1.807, 2.05) is 12.1 Å². The van der Waals surface area contributed by atoms with Crippen molar-refractivity contribution in [3.05, 3.63) is 35.4 Å². The molecule has 102 valence electrons. The lowest BCUT2D eigenvalue weighted by Gasteiger charge is -2.11. The molecule has 3 nitrogen and oxygen atoms in total. The smallest absolute Gasteiger partial charge is 0.0802 e. The van der Waals surface area contributed by atoms with Crippen molar-refractivity contribution in [3.63, 3.8) is 0 Å². The molecule has 0 bridgehead atoms. The van der Waals surface area contributed by atoms with Gasteiger partial charge in [-0.25, -0.2) is 0 Å². The summed E-state index contributed by atoms with van der Waals surface area (Å²) in [5, 5.41) is 9.89. The normalized spacial score (nSPS) is 12.6. The Balaban J connectivity index is 2.39. The van der Waals surface area contributed by atoms with Gasteiger partial charge in [0.2, 0.25) is 0 Å². The Morgan fingerprint density at radius 1 is 1.28 bits per heavy atom. The molecule has 0 radical (unpaired) electrons. The van der Waals surface area contributed by atoms with Crippen LogP contribution >= 0.6 is 0 Å². The summed E-state index contributed by atoms with van der Waals surface area (Å²) in [6.07, 6.45) is 4.72. The number of methoxy groups -OCH3 is 1. The third-order valence-corrected chi connectivity index (χ3v) is 3.09. The van der Waals surface area contributed by atoms with Crippen molar-refractivity contribution in [2.45, 2.75) is 38.2 Å². The van der Waals surface area contributed by atoms with Crippen LogP contribution in [0, 0.1) is 0 Å². The van der Waals surface area contributed by atoms with Crippen LogP contribution in [-0.2, 0) is 11.2 Å². The molecule has 1 aromatic rings. The summed E-state index contributed by atoms with van der Waals surface area (Å²) in [6, 6.07) is 8.19. The van der Waals surface area contributed by atoms with Gasteiger partial charge in [-0.3, -0.25) is 0 Å². The van der Waals surface area contributed by atoms with Crippen molar-refractivity contribution in [1.82, 2.24) is 0 Å². The summed E-state index contributed by atoms with van der Waals surface area (Å²) in [6.45, 7) is 1.36. The van der Waals surface area contributed by atoms with Crippen molar-refractivity contribution >= 4 is 0 Å². The van der Waals surface area contributed by atoms with E-state index in [1.165, 1.54) is 18.4 Å². The van der Waals surface area contributed by atoms with Crippen LogP contribution in [0.4, 0.5) is 0 Å². The van der Waals surface area contributed by atoms with Crippen molar-refractivity contribution < 1.29 is 9.84 Å². The number of ether oxygens (including phenoxy) is 1. The van der Waals surface area contributed by atoms with Crippen molar-refractivity contribution in [2.24, 2.45) is 5.73 Å². The highest BCUT2D eigenvalue weighted by molar-refractivity contribution is 5.25. The topological polar surface area (TPSA) is 55.5 Å². The quantitative estimate of drug-likeness (QED) is 0.663. The third kappa shape index (κ3) is 5.63. The van der Waals surface area contributed by atoms with E-state index in [0.29, 0.717) is 13.0 Å². The fourth-order valence-electron chi connectivity index (χ4n) is 2.03. The number of unbranched alkanes of at least 4 members (excludes halogenated alkanes) is 2. The molecule has 0 aliphatic rings. The average Bonchev–Trinajstić information content (AvgIpc) is 2.39. The van der Waals surface area contributed by atoms with Gasteiger partial charge in [0.05, 0.1) is 6.10 Å². The Morgan fingerprint density at radius 2 is 2.11 bits per heavy atom. The summed E-state index contributed by atoms with van der Waals surface area (Å²) in [5.74, 6) is 0. The largest absolute Gasteiger partial charge is 0.388 e. The fourth-order valence-corrected chi connectivity index (χ4v) is 2.03. The van der Waals surface area contributed by atoms with Gasteiger partial charge in [0.25, 0.3) is 0 Å². The zero-order valence-electron chi connectivity index (χ0n) is 11.3. The molecule has 0 aliphatic carbocycles. The Kier molecular flexibility index (Phi) is 7.65. The second kappa shape index (κ2) is 9.09. The molecule has 0 aliphatic heterocycles. The van der Waals surface area contributed by atoms with Gasteiger partial charge >= 0.3 is 0 Å². The molecule has 18 heavy (non-hydrogen) atoms. The molecule has 3 heteroatoms. The lowest BCUT2D eigenvalue weighted by atomic mass is 10.0. The summed E-state index contributed by atoms with van der Waals surface area (Å²) < 4.78 is 5.03. The van der Waals surface area contributed by atoms with E-state index in [4.69, 9.17) is 10.5 Å². The molecule has 1 unspecified atom stereocenters. The Labute approximate surface area is 110 Å². The van der Waals surface area contributed by atoms with E-state index >= 15 is 0 Å². The average molecular weight is 251 g/mol. The van der Waals surface area contributed by atoms with Crippen molar-refractivity contribution in [1.29, 1.82) is 0 Å². The molecule has 0 spiro atoms. The van der Waals surface area contributed by atoms with Gasteiger partial charge in [0, 0.05) is 13.7 Å². The van der Waals surface area contributed by atoms with Gasteiger partial charge in [-0.05, 0) is 43.4 Å². The molecular weight excluding hydrogens is 226 g/mol. The predicted octanol–water partition coefficient (Wildman–Crippen LogP) is 2.43. The number of hydrogen-bond donors (Lipinski definition) is 2. The number of nitrogens with two attached hydrogens (primary N) is 1. The van der Waals surface area contributed by atoms with Gasteiger partial charge in [0.1, 0.15) is 0 Å². The number of aryl methyl sites for hydroxylation is 1. The molecule has 0 fully saturated rings. The maximum absolute atomic E-state index is 9.89. The molecule has 0 saturated carbocycles. The van der Waals surface area contributed by atoms with Crippen LogP contribution in [0.1, 0.15) is 42.9 Å². The maximum atomic E-state index is 9.89. The molecule has 0 saturated heterocycles. The van der Waals surface area contributed by atoms with Crippen LogP contribution in [0.5, 0.6) is 0 Å². The van der Waals surface area contributed by atoms with E-state index in [2.05, 4.69) is 12.1 Å². The molecule has 0 amide bonds. The van der Waals surface area contributed by atoms with Crippen LogP contribution in [-0.4, -0.2) is 25.4 Å². The Hall–Kier alpha value is -0.900. The first-order chi connectivity index (χ1) is 8.77. The van der Waals surface area contributed by atoms with E-state index in [1.54, 1.807) is 7.11 Å². The minimum atomic E-state index is -0.427. The lowest BCUT2D eigenvalue weighted by molar-refractivity contribution is 0.170. The van der Waals surface area contributed by atoms with Gasteiger partial charge < -0.3 is 15.6 Å². The lowest BCUT2D eigenvalue weighted by Crippen LogP contribution is -2.06. The second-order valence-corrected chi connectivity index (χ2v) is 4.64. The van der Waals surface area contributed by atoms with Crippen LogP contribution in [0.3, 0.4) is 0 Å². The number of aliphatic hydroxyl groups excluding tert-OH is 1. The van der Waals surface area contributed by atoms with Gasteiger partial charge in [0.15, 0.2) is 0 Å². The summed E-state index contributed by atoms with van der Waals surface area (Å²) in [5.41, 5.74) is 7.73. The van der Waals surface area contributed by atoms with E-state index in [-0.39, 0.29) is 0 Å². The highest BCUT2D eigenvalue weighted by Crippen LogP contribution is 2.18. The zero-order valence-corrected chi connectivity index (χ0v) is 11.3. The van der Waals surface area contributed by atoms with Gasteiger partial charge in [-0.1, -0.05) is 30.7 Å². The van der Waals surface area contributed by atoms with E-state index < -0.39 is 6.10 Å². The first kappa shape index (κ1) is 15.2. The standard InChI is InChI=1S/C15H25NO2/c1-18-11-4-2-3-6-13-7-5-8-14(12-13)15(17)9-10-16/h5,7-8,12,15,17H,2-4,6,9-11,16H2,1H3. The number of rotatable bonds is 9.